The second kappa shape index (κ2) is 6.04. The molecular weight excluding hydrogens is 302 g/mol. The summed E-state index contributed by atoms with van der Waals surface area (Å²) in [5, 5.41) is 0. The van der Waals surface area contributed by atoms with E-state index >= 15 is 0 Å². The van der Waals surface area contributed by atoms with Gasteiger partial charge in [0.25, 0.3) is 10.0 Å². The van der Waals surface area contributed by atoms with E-state index in [0.717, 1.165) is 4.31 Å². The van der Waals surface area contributed by atoms with Crippen molar-refractivity contribution >= 4 is 15.8 Å². The van der Waals surface area contributed by atoms with Gasteiger partial charge >= 0.3 is 6.61 Å². The molecule has 0 atom stereocenters. The Morgan fingerprint density at radius 2 is 1.81 bits per heavy atom. The maximum Gasteiger partial charge on any atom is 0.387 e. The van der Waals surface area contributed by atoms with Crippen molar-refractivity contribution in [2.75, 3.05) is 11.4 Å². The average molecular weight is 314 g/mol. The number of rotatable bonds is 5. The molecule has 1 aromatic carbocycles. The molecule has 1 aromatic heterocycles. The molecule has 112 valence electrons. The van der Waals surface area contributed by atoms with Crippen molar-refractivity contribution in [3.8, 4) is 5.75 Å². The number of aromatic nitrogens is 1. The van der Waals surface area contributed by atoms with Crippen molar-refractivity contribution in [3.63, 3.8) is 0 Å². The number of halogens is 2. The van der Waals surface area contributed by atoms with Gasteiger partial charge in [0.05, 0.1) is 0 Å². The van der Waals surface area contributed by atoms with E-state index in [1.54, 1.807) is 12.1 Å². The molecular formula is C13H12F2N2O3S. The highest BCUT2D eigenvalue weighted by atomic mass is 32.2. The summed E-state index contributed by atoms with van der Waals surface area (Å²) in [6.07, 6.45) is 1.43. The van der Waals surface area contributed by atoms with Crippen LogP contribution < -0.4 is 9.04 Å². The van der Waals surface area contributed by atoms with Crippen LogP contribution in [0.1, 0.15) is 0 Å². The molecule has 0 N–H and O–H groups in total. The van der Waals surface area contributed by atoms with Crippen LogP contribution in [0.25, 0.3) is 0 Å². The van der Waals surface area contributed by atoms with Crippen LogP contribution in [0, 0.1) is 0 Å². The van der Waals surface area contributed by atoms with E-state index in [1.807, 2.05) is 0 Å². The van der Waals surface area contributed by atoms with Gasteiger partial charge in [0, 0.05) is 13.2 Å². The summed E-state index contributed by atoms with van der Waals surface area (Å²) in [6, 6.07) is 9.97. The molecule has 0 aliphatic rings. The molecule has 8 heteroatoms. The molecule has 0 unspecified atom stereocenters. The van der Waals surface area contributed by atoms with Gasteiger partial charge in [0.15, 0.2) is 0 Å². The Labute approximate surface area is 120 Å². The smallest absolute Gasteiger partial charge is 0.387 e. The lowest BCUT2D eigenvalue weighted by molar-refractivity contribution is -0.0517. The number of ether oxygens (including phenoxy) is 1. The van der Waals surface area contributed by atoms with E-state index in [2.05, 4.69) is 9.72 Å². The number of alkyl halides is 2. The Balaban J connectivity index is 2.45. The van der Waals surface area contributed by atoms with Gasteiger partial charge in [-0.15, -0.1) is 0 Å². The monoisotopic (exact) mass is 314 g/mol. The fourth-order valence-corrected chi connectivity index (χ4v) is 2.94. The minimum absolute atomic E-state index is 0.171. The zero-order valence-corrected chi connectivity index (χ0v) is 11.8. The van der Waals surface area contributed by atoms with Gasteiger partial charge < -0.3 is 4.74 Å². The third kappa shape index (κ3) is 3.27. The van der Waals surface area contributed by atoms with Crippen LogP contribution in [0.2, 0.25) is 0 Å². The average Bonchev–Trinajstić information content (AvgIpc) is 2.47. The van der Waals surface area contributed by atoms with Gasteiger partial charge in [0.1, 0.15) is 16.5 Å². The number of hydrogen-bond donors (Lipinski definition) is 0. The van der Waals surface area contributed by atoms with Gasteiger partial charge in [-0.05, 0) is 24.3 Å². The summed E-state index contributed by atoms with van der Waals surface area (Å²) >= 11 is 0. The molecule has 5 nitrogen and oxygen atoms in total. The third-order valence-corrected chi connectivity index (χ3v) is 4.48. The van der Waals surface area contributed by atoms with E-state index in [1.165, 1.54) is 43.6 Å². The van der Waals surface area contributed by atoms with E-state index in [0.29, 0.717) is 0 Å². The van der Waals surface area contributed by atoms with Gasteiger partial charge in [-0.1, -0.05) is 18.2 Å². The minimum atomic E-state index is -4.06. The fraction of sp³-hybridized carbons (Fsp3) is 0.154. The Bertz CT molecular complexity index is 708. The fourth-order valence-electron chi connectivity index (χ4n) is 1.67. The van der Waals surface area contributed by atoms with E-state index in [9.17, 15) is 17.2 Å². The molecule has 0 bridgehead atoms. The number of nitrogens with zero attached hydrogens (tertiary/aromatic N) is 2. The second-order valence-electron chi connectivity index (χ2n) is 3.99. The zero-order valence-electron chi connectivity index (χ0n) is 11.0. The maximum absolute atomic E-state index is 12.5. The molecule has 0 saturated heterocycles. The summed E-state index contributed by atoms with van der Waals surface area (Å²) in [7, 11) is -2.77. The number of para-hydroxylation sites is 1. The normalized spacial score (nSPS) is 11.4. The highest BCUT2D eigenvalue weighted by Gasteiger charge is 2.26. The van der Waals surface area contributed by atoms with Crippen LogP contribution in [-0.4, -0.2) is 27.1 Å². The standard InChI is InChI=1S/C13H12F2N2O3S/c1-17(12-8-4-5-9-16-12)21(18,19)11-7-3-2-6-10(11)20-13(14)15/h2-9,13H,1H3. The molecule has 1 heterocycles. The van der Waals surface area contributed by atoms with Crippen molar-refractivity contribution in [2.24, 2.45) is 0 Å². The Morgan fingerprint density at radius 3 is 2.43 bits per heavy atom. The molecule has 2 aromatic rings. The van der Waals surface area contributed by atoms with Crippen molar-refractivity contribution in [1.82, 2.24) is 4.98 Å². The van der Waals surface area contributed by atoms with E-state index < -0.39 is 22.4 Å². The third-order valence-electron chi connectivity index (χ3n) is 2.68. The van der Waals surface area contributed by atoms with Gasteiger partial charge in [0.2, 0.25) is 0 Å². The number of anilines is 1. The predicted octanol–water partition coefficient (Wildman–Crippen LogP) is 2.51. The minimum Gasteiger partial charge on any atom is -0.433 e. The summed E-state index contributed by atoms with van der Waals surface area (Å²) in [6.45, 7) is -3.11. The molecule has 0 spiro atoms. The van der Waals surface area contributed by atoms with Crippen molar-refractivity contribution in [3.05, 3.63) is 48.7 Å². The summed E-state index contributed by atoms with van der Waals surface area (Å²) < 4.78 is 54.9. The van der Waals surface area contributed by atoms with Crippen molar-refractivity contribution < 1.29 is 21.9 Å². The number of hydrogen-bond acceptors (Lipinski definition) is 4. The molecule has 0 aliphatic heterocycles. The second-order valence-corrected chi connectivity index (χ2v) is 5.92. The lowest BCUT2D eigenvalue weighted by Gasteiger charge is -2.20. The van der Waals surface area contributed by atoms with Gasteiger partial charge in [-0.25, -0.2) is 13.4 Å². The first-order valence-corrected chi connectivity index (χ1v) is 7.31. The molecule has 0 fully saturated rings. The number of pyridine rings is 1. The summed E-state index contributed by atoms with van der Waals surface area (Å²) in [4.78, 5) is 3.57. The van der Waals surface area contributed by atoms with Crippen LogP contribution in [0.3, 0.4) is 0 Å². The quantitative estimate of drug-likeness (QED) is 0.851. The Morgan fingerprint density at radius 1 is 1.14 bits per heavy atom. The molecule has 2 rings (SSSR count). The lowest BCUT2D eigenvalue weighted by Crippen LogP contribution is -2.28. The van der Waals surface area contributed by atoms with Gasteiger partial charge in [-0.2, -0.15) is 8.78 Å². The first kappa shape index (κ1) is 15.2. The first-order chi connectivity index (χ1) is 9.93. The van der Waals surface area contributed by atoms with Crippen LogP contribution in [0.5, 0.6) is 5.75 Å². The summed E-state index contributed by atoms with van der Waals surface area (Å²) in [5.74, 6) is -0.236. The SMILES string of the molecule is CN(c1ccccn1)S(=O)(=O)c1ccccc1OC(F)F. The number of sulfonamides is 1. The lowest BCUT2D eigenvalue weighted by atomic mass is 10.3. The topological polar surface area (TPSA) is 59.5 Å². The molecule has 0 amide bonds. The highest BCUT2D eigenvalue weighted by Crippen LogP contribution is 2.29. The summed E-state index contributed by atoms with van der Waals surface area (Å²) in [5.41, 5.74) is 0. The van der Waals surface area contributed by atoms with Crippen molar-refractivity contribution in [1.29, 1.82) is 0 Å². The zero-order chi connectivity index (χ0) is 15.5. The van der Waals surface area contributed by atoms with Gasteiger partial charge in [-0.3, -0.25) is 4.31 Å². The van der Waals surface area contributed by atoms with Crippen LogP contribution in [-0.2, 0) is 10.0 Å². The molecule has 0 radical (unpaired) electrons. The van der Waals surface area contributed by atoms with E-state index in [-0.39, 0.29) is 10.7 Å². The Kier molecular flexibility index (Phi) is 4.37. The molecule has 21 heavy (non-hydrogen) atoms. The highest BCUT2D eigenvalue weighted by molar-refractivity contribution is 7.92. The number of benzene rings is 1. The van der Waals surface area contributed by atoms with E-state index in [4.69, 9.17) is 0 Å². The first-order valence-electron chi connectivity index (χ1n) is 5.86. The largest absolute Gasteiger partial charge is 0.433 e. The van der Waals surface area contributed by atoms with Crippen LogP contribution >= 0.6 is 0 Å². The van der Waals surface area contributed by atoms with Crippen molar-refractivity contribution in [2.45, 2.75) is 11.5 Å². The molecule has 0 aliphatic carbocycles. The molecule has 0 saturated carbocycles. The Hall–Kier alpha value is -2.22. The predicted molar refractivity (Wildman–Crippen MR) is 72.9 cm³/mol. The van der Waals surface area contributed by atoms with Crippen LogP contribution in [0.15, 0.2) is 53.6 Å². The van der Waals surface area contributed by atoms with Crippen LogP contribution in [0.4, 0.5) is 14.6 Å². The maximum atomic E-state index is 12.5.